The lowest BCUT2D eigenvalue weighted by Gasteiger charge is -2.26. The van der Waals surface area contributed by atoms with E-state index in [0.717, 1.165) is 12.1 Å². The van der Waals surface area contributed by atoms with E-state index in [1.54, 1.807) is 0 Å². The molecule has 0 radical (unpaired) electrons. The van der Waals surface area contributed by atoms with E-state index in [1.807, 2.05) is 50.2 Å². The molecule has 0 aliphatic carbocycles. The third-order valence-electron chi connectivity index (χ3n) is 3.33. The van der Waals surface area contributed by atoms with Crippen LogP contribution < -0.4 is 5.32 Å². The van der Waals surface area contributed by atoms with Gasteiger partial charge in [-0.15, -0.1) is 0 Å². The smallest absolute Gasteiger partial charge is 0.241 e. The number of carbonyl (C=O) groups excluding carboxylic acids is 1. The molecule has 1 fully saturated rings. The first-order chi connectivity index (χ1) is 8.99. The van der Waals surface area contributed by atoms with Gasteiger partial charge in [0.1, 0.15) is 6.17 Å². The molecule has 0 saturated carbocycles. The molecule has 0 aromatic heterocycles. The number of amides is 1. The zero-order valence-electron chi connectivity index (χ0n) is 11.6. The van der Waals surface area contributed by atoms with E-state index >= 15 is 0 Å². The second-order valence-electron chi connectivity index (χ2n) is 5.18. The Morgan fingerprint density at radius 2 is 2.16 bits per heavy atom. The summed E-state index contributed by atoms with van der Waals surface area (Å²) in [6.07, 6.45) is -0.0823. The lowest BCUT2D eigenvalue weighted by molar-refractivity contribution is -0.130. The highest BCUT2D eigenvalue weighted by Crippen LogP contribution is 2.26. The van der Waals surface area contributed by atoms with Crippen molar-refractivity contribution in [3.8, 4) is 0 Å². The number of rotatable bonds is 4. The summed E-state index contributed by atoms with van der Waals surface area (Å²) >= 11 is 6.03. The average molecular weight is 282 g/mol. The highest BCUT2D eigenvalue weighted by atomic mass is 35.5. The van der Waals surface area contributed by atoms with Crippen molar-refractivity contribution in [2.75, 3.05) is 27.2 Å². The van der Waals surface area contributed by atoms with Crippen LogP contribution in [0.3, 0.4) is 0 Å². The monoisotopic (exact) mass is 281 g/mol. The Kier molecular flexibility index (Phi) is 4.45. The number of benzene rings is 1. The Morgan fingerprint density at radius 1 is 1.42 bits per heavy atom. The average Bonchev–Trinajstić information content (AvgIpc) is 2.63. The van der Waals surface area contributed by atoms with Crippen LogP contribution in [0.5, 0.6) is 0 Å². The van der Waals surface area contributed by atoms with Crippen LogP contribution in [-0.4, -0.2) is 48.9 Å². The Bertz CT molecular complexity index is 464. The van der Waals surface area contributed by atoms with Gasteiger partial charge in [0, 0.05) is 18.1 Å². The summed E-state index contributed by atoms with van der Waals surface area (Å²) < 4.78 is 0. The van der Waals surface area contributed by atoms with E-state index in [9.17, 15) is 4.79 Å². The molecule has 1 saturated heterocycles. The van der Waals surface area contributed by atoms with Gasteiger partial charge in [-0.05, 0) is 38.7 Å². The number of nitrogens with zero attached hydrogens (tertiary/aromatic N) is 2. The molecule has 2 atom stereocenters. The number of hydrogen-bond acceptors (Lipinski definition) is 3. The number of halogens is 1. The first-order valence-corrected chi connectivity index (χ1v) is 6.83. The fourth-order valence-electron chi connectivity index (χ4n) is 2.27. The molecule has 0 bridgehead atoms. The molecule has 104 valence electrons. The van der Waals surface area contributed by atoms with Gasteiger partial charge in [-0.2, -0.15) is 0 Å². The standard InChI is InChI=1S/C14H20ClN3O/c1-10-14(19)18(8-7-17(2)3)13(16-10)11-5-4-6-12(15)9-11/h4-6,9-10,13,16H,7-8H2,1-3H3. The van der Waals surface area contributed by atoms with E-state index in [2.05, 4.69) is 10.2 Å². The third kappa shape index (κ3) is 3.26. The third-order valence-corrected chi connectivity index (χ3v) is 3.56. The second-order valence-corrected chi connectivity index (χ2v) is 5.62. The number of likely N-dealkylation sites (N-methyl/N-ethyl adjacent to an activating group) is 1. The van der Waals surface area contributed by atoms with Crippen molar-refractivity contribution in [1.29, 1.82) is 0 Å². The maximum atomic E-state index is 12.2. The summed E-state index contributed by atoms with van der Waals surface area (Å²) in [7, 11) is 4.01. The van der Waals surface area contributed by atoms with Gasteiger partial charge in [-0.25, -0.2) is 0 Å². The molecule has 1 aliphatic rings. The molecule has 1 aliphatic heterocycles. The topological polar surface area (TPSA) is 35.6 Å². The largest absolute Gasteiger partial charge is 0.320 e. The van der Waals surface area contributed by atoms with Gasteiger partial charge >= 0.3 is 0 Å². The molecule has 0 spiro atoms. The van der Waals surface area contributed by atoms with E-state index in [0.29, 0.717) is 11.6 Å². The van der Waals surface area contributed by atoms with Crippen molar-refractivity contribution in [2.24, 2.45) is 0 Å². The maximum Gasteiger partial charge on any atom is 0.241 e. The van der Waals surface area contributed by atoms with Crippen molar-refractivity contribution >= 4 is 17.5 Å². The first kappa shape index (κ1) is 14.3. The van der Waals surface area contributed by atoms with Crippen LogP contribution in [0.2, 0.25) is 5.02 Å². The van der Waals surface area contributed by atoms with Gasteiger partial charge in [0.15, 0.2) is 0 Å². The van der Waals surface area contributed by atoms with Crippen molar-refractivity contribution in [1.82, 2.24) is 15.1 Å². The Morgan fingerprint density at radius 3 is 2.79 bits per heavy atom. The predicted octanol–water partition coefficient (Wildman–Crippen LogP) is 1.72. The lowest BCUT2D eigenvalue weighted by Crippen LogP contribution is -2.36. The summed E-state index contributed by atoms with van der Waals surface area (Å²) in [5, 5.41) is 4.01. The fraction of sp³-hybridized carbons (Fsp3) is 0.500. The summed E-state index contributed by atoms with van der Waals surface area (Å²) in [6, 6.07) is 7.52. The van der Waals surface area contributed by atoms with E-state index < -0.39 is 0 Å². The molecular formula is C14H20ClN3O. The van der Waals surface area contributed by atoms with Crippen LogP contribution in [-0.2, 0) is 4.79 Å². The molecule has 19 heavy (non-hydrogen) atoms. The molecule has 1 aromatic rings. The van der Waals surface area contributed by atoms with E-state index in [4.69, 9.17) is 11.6 Å². The van der Waals surface area contributed by atoms with Crippen LogP contribution in [0.4, 0.5) is 0 Å². The zero-order chi connectivity index (χ0) is 14.0. The summed E-state index contributed by atoms with van der Waals surface area (Å²) in [5.41, 5.74) is 1.03. The van der Waals surface area contributed by atoms with Gasteiger partial charge < -0.3 is 9.80 Å². The van der Waals surface area contributed by atoms with Gasteiger partial charge in [0.2, 0.25) is 5.91 Å². The van der Waals surface area contributed by atoms with Crippen molar-refractivity contribution in [3.63, 3.8) is 0 Å². The minimum absolute atomic E-state index is 0.0823. The molecule has 1 N–H and O–H groups in total. The van der Waals surface area contributed by atoms with Gasteiger partial charge in [0.05, 0.1) is 6.04 Å². The van der Waals surface area contributed by atoms with Crippen molar-refractivity contribution in [2.45, 2.75) is 19.1 Å². The molecule has 4 nitrogen and oxygen atoms in total. The SMILES string of the molecule is CC1NC(c2cccc(Cl)c2)N(CCN(C)C)C1=O. The summed E-state index contributed by atoms with van der Waals surface area (Å²) in [4.78, 5) is 16.2. The number of carbonyl (C=O) groups is 1. The van der Waals surface area contributed by atoms with Gasteiger partial charge in [-0.1, -0.05) is 23.7 Å². The zero-order valence-corrected chi connectivity index (χ0v) is 12.3. The normalized spacial score (nSPS) is 23.4. The Labute approximate surface area is 119 Å². The van der Waals surface area contributed by atoms with Crippen LogP contribution in [0, 0.1) is 0 Å². The molecule has 1 aromatic carbocycles. The van der Waals surface area contributed by atoms with Crippen molar-refractivity contribution < 1.29 is 4.79 Å². The van der Waals surface area contributed by atoms with Crippen LogP contribution in [0.15, 0.2) is 24.3 Å². The highest BCUT2D eigenvalue weighted by molar-refractivity contribution is 6.30. The number of hydrogen-bond donors (Lipinski definition) is 1. The summed E-state index contributed by atoms with van der Waals surface area (Å²) in [5.74, 6) is 0.145. The minimum atomic E-state index is -0.147. The lowest BCUT2D eigenvalue weighted by atomic mass is 10.1. The highest BCUT2D eigenvalue weighted by Gasteiger charge is 2.36. The molecule has 2 rings (SSSR count). The molecule has 2 unspecified atom stereocenters. The summed E-state index contributed by atoms with van der Waals surface area (Å²) in [6.45, 7) is 3.45. The van der Waals surface area contributed by atoms with Crippen molar-refractivity contribution in [3.05, 3.63) is 34.9 Å². The van der Waals surface area contributed by atoms with Crippen LogP contribution >= 0.6 is 11.6 Å². The van der Waals surface area contributed by atoms with E-state index in [-0.39, 0.29) is 18.1 Å². The fourth-order valence-corrected chi connectivity index (χ4v) is 2.47. The minimum Gasteiger partial charge on any atom is -0.320 e. The first-order valence-electron chi connectivity index (χ1n) is 6.46. The predicted molar refractivity (Wildman–Crippen MR) is 77.1 cm³/mol. The van der Waals surface area contributed by atoms with Crippen LogP contribution in [0.25, 0.3) is 0 Å². The Hall–Kier alpha value is -1.10. The second kappa shape index (κ2) is 5.90. The molecular weight excluding hydrogens is 262 g/mol. The van der Waals surface area contributed by atoms with Crippen LogP contribution in [0.1, 0.15) is 18.7 Å². The van der Waals surface area contributed by atoms with E-state index in [1.165, 1.54) is 0 Å². The molecule has 1 amide bonds. The molecule has 1 heterocycles. The van der Waals surface area contributed by atoms with Gasteiger partial charge in [-0.3, -0.25) is 10.1 Å². The quantitative estimate of drug-likeness (QED) is 0.913. The Balaban J connectivity index is 2.19. The maximum absolute atomic E-state index is 12.2. The van der Waals surface area contributed by atoms with Gasteiger partial charge in [0.25, 0.3) is 0 Å². The molecule has 5 heteroatoms. The number of nitrogens with one attached hydrogen (secondary N) is 1.